The lowest BCUT2D eigenvalue weighted by Gasteiger charge is -1.93. The Balaban J connectivity index is 3.23. The smallest absolute Gasteiger partial charge is 0.163 e. The highest BCUT2D eigenvalue weighted by Crippen LogP contribution is 2.24. The summed E-state index contributed by atoms with van der Waals surface area (Å²) in [5.41, 5.74) is 7.21. The molecule has 0 aliphatic carbocycles. The number of anilines is 1. The van der Waals surface area contributed by atoms with E-state index in [4.69, 9.17) is 5.73 Å². The molecule has 0 aliphatic heterocycles. The van der Waals surface area contributed by atoms with Crippen LogP contribution in [0.2, 0.25) is 0 Å². The van der Waals surface area contributed by atoms with E-state index in [0.29, 0.717) is 10.6 Å². The first-order valence-corrected chi connectivity index (χ1v) is 3.85. The Morgan fingerprint density at radius 1 is 1.70 bits per heavy atom. The first-order valence-electron chi connectivity index (χ1n) is 2.97. The molecule has 0 bridgehead atoms. The number of hydrogen-bond acceptors (Lipinski definition) is 3. The summed E-state index contributed by atoms with van der Waals surface area (Å²) in [6.07, 6.45) is 0. The van der Waals surface area contributed by atoms with Crippen LogP contribution in [-0.2, 0) is 0 Å². The Morgan fingerprint density at radius 2 is 2.30 bits per heavy atom. The number of aryl methyl sites for hydroxylation is 1. The van der Waals surface area contributed by atoms with Crippen LogP contribution < -0.4 is 5.73 Å². The van der Waals surface area contributed by atoms with Gasteiger partial charge >= 0.3 is 0 Å². The number of hydrogen-bond donors (Lipinski definition) is 1. The fraction of sp³-hybridized carbons (Fsp3) is 0.286. The second-order valence-electron chi connectivity index (χ2n) is 2.21. The van der Waals surface area contributed by atoms with Gasteiger partial charge in [-0.2, -0.15) is 0 Å². The number of nitrogens with two attached hydrogens (primary N) is 1. The van der Waals surface area contributed by atoms with Crippen LogP contribution in [-0.4, -0.2) is 5.78 Å². The molecule has 2 N–H and O–H groups in total. The predicted octanol–water partition coefficient (Wildman–Crippen LogP) is 1.84. The van der Waals surface area contributed by atoms with Gasteiger partial charge in [0.05, 0.1) is 10.6 Å². The molecule has 0 spiro atoms. The van der Waals surface area contributed by atoms with Gasteiger partial charge in [-0.25, -0.2) is 0 Å². The van der Waals surface area contributed by atoms with Crippen LogP contribution in [0, 0.1) is 6.92 Å². The molecule has 0 saturated carbocycles. The molecule has 0 fully saturated rings. The molecule has 3 heteroatoms. The lowest BCUT2D eigenvalue weighted by molar-refractivity contribution is 0.101. The van der Waals surface area contributed by atoms with Crippen molar-refractivity contribution in [3.8, 4) is 0 Å². The van der Waals surface area contributed by atoms with Crippen LogP contribution in [0.3, 0.4) is 0 Å². The fourth-order valence-electron chi connectivity index (χ4n) is 0.915. The van der Waals surface area contributed by atoms with Crippen molar-refractivity contribution in [3.05, 3.63) is 16.5 Å². The van der Waals surface area contributed by atoms with E-state index in [2.05, 4.69) is 0 Å². The zero-order valence-electron chi connectivity index (χ0n) is 5.97. The molecule has 0 radical (unpaired) electrons. The second kappa shape index (κ2) is 2.42. The molecule has 0 aliphatic rings. The lowest BCUT2D eigenvalue weighted by atomic mass is 10.1. The van der Waals surface area contributed by atoms with Crippen molar-refractivity contribution in [2.24, 2.45) is 0 Å². The molecule has 0 atom stereocenters. The minimum Gasteiger partial charge on any atom is -0.390 e. The monoisotopic (exact) mass is 155 g/mol. The van der Waals surface area contributed by atoms with Gasteiger partial charge in [-0.3, -0.25) is 4.79 Å². The summed E-state index contributed by atoms with van der Waals surface area (Å²) in [5.74, 6) is 0.0521. The molecule has 2 nitrogen and oxygen atoms in total. The van der Waals surface area contributed by atoms with Crippen molar-refractivity contribution in [2.75, 3.05) is 5.73 Å². The Morgan fingerprint density at radius 3 is 2.50 bits per heavy atom. The molecule has 1 aromatic heterocycles. The van der Waals surface area contributed by atoms with Crippen molar-refractivity contribution in [1.82, 2.24) is 0 Å². The van der Waals surface area contributed by atoms with Gasteiger partial charge in [0.2, 0.25) is 0 Å². The highest BCUT2D eigenvalue weighted by molar-refractivity contribution is 7.14. The van der Waals surface area contributed by atoms with E-state index < -0.39 is 0 Å². The molecule has 10 heavy (non-hydrogen) atoms. The van der Waals surface area contributed by atoms with Crippen LogP contribution in [0.15, 0.2) is 5.38 Å². The summed E-state index contributed by atoms with van der Waals surface area (Å²) in [7, 11) is 0. The summed E-state index contributed by atoms with van der Waals surface area (Å²) in [6, 6.07) is 0. The Kier molecular flexibility index (Phi) is 1.76. The summed E-state index contributed by atoms with van der Waals surface area (Å²) < 4.78 is 0. The second-order valence-corrected chi connectivity index (χ2v) is 3.13. The van der Waals surface area contributed by atoms with E-state index in [0.717, 1.165) is 5.56 Å². The maximum Gasteiger partial charge on any atom is 0.163 e. The van der Waals surface area contributed by atoms with Gasteiger partial charge in [0.15, 0.2) is 5.78 Å². The molecule has 0 unspecified atom stereocenters. The van der Waals surface area contributed by atoms with E-state index >= 15 is 0 Å². The number of ketones is 1. The Bertz CT molecular complexity index is 245. The highest BCUT2D eigenvalue weighted by Gasteiger charge is 2.08. The molecule has 1 heterocycles. The lowest BCUT2D eigenvalue weighted by Crippen LogP contribution is -1.96. The Hall–Kier alpha value is -0.830. The average molecular weight is 155 g/mol. The van der Waals surface area contributed by atoms with Gasteiger partial charge in [0, 0.05) is 0 Å². The van der Waals surface area contributed by atoms with Crippen LogP contribution in [0.5, 0.6) is 0 Å². The third kappa shape index (κ3) is 1.04. The number of rotatable bonds is 1. The summed E-state index contributed by atoms with van der Waals surface area (Å²) in [4.78, 5) is 10.9. The van der Waals surface area contributed by atoms with Gasteiger partial charge < -0.3 is 5.73 Å². The maximum atomic E-state index is 10.9. The van der Waals surface area contributed by atoms with Crippen LogP contribution in [0.25, 0.3) is 0 Å². The van der Waals surface area contributed by atoms with E-state index in [-0.39, 0.29) is 5.78 Å². The van der Waals surface area contributed by atoms with Crippen LogP contribution in [0.4, 0.5) is 5.00 Å². The molecule has 0 amide bonds. The van der Waals surface area contributed by atoms with Gasteiger partial charge in [-0.05, 0) is 24.8 Å². The summed E-state index contributed by atoms with van der Waals surface area (Å²) >= 11 is 1.42. The third-order valence-electron chi connectivity index (χ3n) is 1.36. The van der Waals surface area contributed by atoms with Crippen molar-refractivity contribution >= 4 is 22.1 Å². The van der Waals surface area contributed by atoms with Crippen molar-refractivity contribution in [3.63, 3.8) is 0 Å². The SMILES string of the molecule is CC(=O)c1c(C)csc1N. The normalized spacial score (nSPS) is 9.80. The van der Waals surface area contributed by atoms with E-state index in [1.54, 1.807) is 0 Å². The first kappa shape index (κ1) is 7.28. The largest absolute Gasteiger partial charge is 0.390 e. The standard InChI is InChI=1S/C7H9NOS/c1-4-3-10-7(8)6(4)5(2)9/h3H,8H2,1-2H3. The van der Waals surface area contributed by atoms with Gasteiger partial charge in [-0.15, -0.1) is 11.3 Å². The first-order chi connectivity index (χ1) is 4.63. The molecule has 0 saturated heterocycles. The van der Waals surface area contributed by atoms with Crippen LogP contribution in [0.1, 0.15) is 22.8 Å². The fourth-order valence-corrected chi connectivity index (χ4v) is 1.76. The molecular formula is C7H9NOS. The maximum absolute atomic E-state index is 10.9. The van der Waals surface area contributed by atoms with E-state index in [1.165, 1.54) is 18.3 Å². The van der Waals surface area contributed by atoms with Crippen molar-refractivity contribution < 1.29 is 4.79 Å². The number of thiophene rings is 1. The van der Waals surface area contributed by atoms with Gasteiger partial charge in [0.1, 0.15) is 0 Å². The molecule has 1 rings (SSSR count). The van der Waals surface area contributed by atoms with E-state index in [9.17, 15) is 4.79 Å². The minimum absolute atomic E-state index is 0.0521. The van der Waals surface area contributed by atoms with Gasteiger partial charge in [-0.1, -0.05) is 0 Å². The Labute approximate surface area is 63.7 Å². The highest BCUT2D eigenvalue weighted by atomic mass is 32.1. The zero-order chi connectivity index (χ0) is 7.72. The minimum atomic E-state index is 0.0521. The molecule has 54 valence electrons. The molecule has 0 aromatic carbocycles. The zero-order valence-corrected chi connectivity index (χ0v) is 6.79. The number of nitrogen functional groups attached to an aromatic ring is 1. The summed E-state index contributed by atoms with van der Waals surface area (Å²) in [6.45, 7) is 3.43. The topological polar surface area (TPSA) is 43.1 Å². The quantitative estimate of drug-likeness (QED) is 0.629. The number of carbonyl (C=O) groups excluding carboxylic acids is 1. The predicted molar refractivity (Wildman–Crippen MR) is 43.5 cm³/mol. The average Bonchev–Trinajstić information content (AvgIpc) is 2.11. The van der Waals surface area contributed by atoms with E-state index in [1.807, 2.05) is 12.3 Å². The number of Topliss-reactive ketones (excluding diaryl/α,β-unsaturated/α-hetero) is 1. The van der Waals surface area contributed by atoms with Crippen molar-refractivity contribution in [2.45, 2.75) is 13.8 Å². The van der Waals surface area contributed by atoms with Crippen molar-refractivity contribution in [1.29, 1.82) is 0 Å². The summed E-state index contributed by atoms with van der Waals surface area (Å²) in [5, 5.41) is 2.52. The number of carbonyl (C=O) groups is 1. The van der Waals surface area contributed by atoms with Gasteiger partial charge in [0.25, 0.3) is 0 Å². The molecular weight excluding hydrogens is 146 g/mol. The third-order valence-corrected chi connectivity index (χ3v) is 2.28. The van der Waals surface area contributed by atoms with Crippen LogP contribution >= 0.6 is 11.3 Å². The molecule has 1 aromatic rings.